The fraction of sp³-hybridized carbons (Fsp3) is 0.944. The van der Waals surface area contributed by atoms with Crippen LogP contribution in [0.4, 0.5) is 0 Å². The van der Waals surface area contributed by atoms with Crippen LogP contribution in [0.25, 0.3) is 0 Å². The zero-order valence-corrected chi connectivity index (χ0v) is 14.0. The van der Waals surface area contributed by atoms with Crippen molar-refractivity contribution in [1.29, 1.82) is 0 Å². The average molecular weight is 308 g/mol. The third kappa shape index (κ3) is 3.48. The Balaban J connectivity index is 1.62. The lowest BCUT2D eigenvalue weighted by Crippen LogP contribution is -2.55. The molecule has 1 N–H and O–H groups in total. The molecule has 0 aromatic heterocycles. The minimum Gasteiger partial charge on any atom is -0.392 e. The molecule has 126 valence electrons. The van der Waals surface area contributed by atoms with Gasteiger partial charge in [-0.25, -0.2) is 0 Å². The van der Waals surface area contributed by atoms with Gasteiger partial charge >= 0.3 is 0 Å². The molecule has 0 aromatic carbocycles. The van der Waals surface area contributed by atoms with Gasteiger partial charge in [-0.2, -0.15) is 0 Å². The van der Waals surface area contributed by atoms with Gasteiger partial charge in [0, 0.05) is 18.6 Å². The van der Waals surface area contributed by atoms with Crippen molar-refractivity contribution in [3.8, 4) is 0 Å². The molecule has 1 saturated carbocycles. The summed E-state index contributed by atoms with van der Waals surface area (Å²) in [6.45, 7) is 4.29. The lowest BCUT2D eigenvalue weighted by atomic mass is 9.78. The van der Waals surface area contributed by atoms with Crippen LogP contribution >= 0.6 is 0 Å². The van der Waals surface area contributed by atoms with Gasteiger partial charge in [-0.3, -0.25) is 9.69 Å². The molecule has 1 aliphatic carbocycles. The topological polar surface area (TPSA) is 43.8 Å². The second kappa shape index (κ2) is 7.31. The summed E-state index contributed by atoms with van der Waals surface area (Å²) < 4.78 is 0. The van der Waals surface area contributed by atoms with Crippen LogP contribution in [-0.4, -0.2) is 58.6 Å². The van der Waals surface area contributed by atoms with Crippen molar-refractivity contribution < 1.29 is 9.90 Å². The van der Waals surface area contributed by atoms with Crippen molar-refractivity contribution in [2.75, 3.05) is 19.6 Å². The second-order valence-corrected chi connectivity index (χ2v) is 7.62. The molecular weight excluding hydrogens is 276 g/mol. The minimum absolute atomic E-state index is 0.171. The van der Waals surface area contributed by atoms with Crippen molar-refractivity contribution in [2.24, 2.45) is 5.92 Å². The predicted octanol–water partition coefficient (Wildman–Crippen LogP) is 2.40. The Morgan fingerprint density at radius 3 is 2.59 bits per heavy atom. The summed E-state index contributed by atoms with van der Waals surface area (Å²) in [5.41, 5.74) is 0. The number of fused-ring (bicyclic) bond motifs is 1. The average Bonchev–Trinajstić information content (AvgIpc) is 2.54. The van der Waals surface area contributed by atoms with Crippen LogP contribution in [0.5, 0.6) is 0 Å². The van der Waals surface area contributed by atoms with E-state index in [9.17, 15) is 9.90 Å². The van der Waals surface area contributed by atoms with Gasteiger partial charge < -0.3 is 10.0 Å². The fourth-order valence-corrected chi connectivity index (χ4v) is 4.96. The molecule has 2 heterocycles. The Morgan fingerprint density at radius 2 is 1.77 bits per heavy atom. The monoisotopic (exact) mass is 308 g/mol. The largest absolute Gasteiger partial charge is 0.392 e. The summed E-state index contributed by atoms with van der Waals surface area (Å²) in [5.74, 6) is 1.06. The minimum atomic E-state index is -0.336. The zero-order valence-electron chi connectivity index (χ0n) is 14.0. The first-order chi connectivity index (χ1) is 10.7. The summed E-state index contributed by atoms with van der Waals surface area (Å²) in [5, 5.41) is 9.99. The first-order valence-electron chi connectivity index (χ1n) is 9.38. The molecule has 0 aromatic rings. The molecule has 4 heteroatoms. The number of likely N-dealkylation sites (tertiary alicyclic amines) is 2. The summed E-state index contributed by atoms with van der Waals surface area (Å²) in [7, 11) is 0. The Bertz CT molecular complexity index is 383. The molecule has 2 saturated heterocycles. The van der Waals surface area contributed by atoms with Crippen molar-refractivity contribution in [3.05, 3.63) is 0 Å². The molecular formula is C18H32N2O2. The zero-order chi connectivity index (χ0) is 15.5. The summed E-state index contributed by atoms with van der Waals surface area (Å²) >= 11 is 0. The first kappa shape index (κ1) is 16.3. The van der Waals surface area contributed by atoms with Gasteiger partial charge in [-0.1, -0.05) is 19.3 Å². The fourth-order valence-electron chi connectivity index (χ4n) is 4.96. The Hall–Kier alpha value is -0.610. The SMILES string of the molecule is CC(O)C1CCCCN1CC(=O)N1CCCC2CCCCC21. The number of rotatable bonds is 3. The number of hydrogen-bond acceptors (Lipinski definition) is 3. The highest BCUT2D eigenvalue weighted by Crippen LogP contribution is 2.35. The van der Waals surface area contributed by atoms with E-state index in [4.69, 9.17) is 0 Å². The maximum Gasteiger partial charge on any atom is 0.237 e. The maximum atomic E-state index is 12.9. The Labute approximate surface area is 134 Å². The highest BCUT2D eigenvalue weighted by atomic mass is 16.3. The van der Waals surface area contributed by atoms with Gasteiger partial charge in [0.15, 0.2) is 0 Å². The van der Waals surface area contributed by atoms with Gasteiger partial charge in [-0.15, -0.1) is 0 Å². The van der Waals surface area contributed by atoms with E-state index < -0.39 is 0 Å². The molecule has 3 fully saturated rings. The van der Waals surface area contributed by atoms with E-state index in [1.54, 1.807) is 0 Å². The first-order valence-corrected chi connectivity index (χ1v) is 9.38. The number of amides is 1. The Kier molecular flexibility index (Phi) is 5.40. The maximum absolute atomic E-state index is 12.9. The van der Waals surface area contributed by atoms with Crippen LogP contribution in [0.1, 0.15) is 64.7 Å². The molecule has 0 bridgehead atoms. The molecule has 0 radical (unpaired) electrons. The van der Waals surface area contributed by atoms with Crippen LogP contribution in [0.2, 0.25) is 0 Å². The number of nitrogens with zero attached hydrogens (tertiary/aromatic N) is 2. The van der Waals surface area contributed by atoms with Gasteiger partial charge in [0.1, 0.15) is 0 Å². The standard InChI is InChI=1S/C18H32N2O2/c1-14(21)16-9-4-5-11-19(16)13-18(22)20-12-6-8-15-7-2-3-10-17(15)20/h14-17,21H,2-13H2,1H3. The molecule has 4 nitrogen and oxygen atoms in total. The summed E-state index contributed by atoms with van der Waals surface area (Å²) in [6, 6.07) is 0.675. The van der Waals surface area contributed by atoms with Gasteiger partial charge in [0.25, 0.3) is 0 Å². The molecule has 4 atom stereocenters. The summed E-state index contributed by atoms with van der Waals surface area (Å²) in [6.07, 6.45) is 10.7. The van der Waals surface area contributed by atoms with Crippen LogP contribution in [0.3, 0.4) is 0 Å². The third-order valence-electron chi connectivity index (χ3n) is 6.12. The number of piperidine rings is 2. The van der Waals surface area contributed by atoms with Gasteiger partial charge in [0.05, 0.1) is 12.6 Å². The third-order valence-corrected chi connectivity index (χ3v) is 6.12. The molecule has 3 aliphatic rings. The van der Waals surface area contributed by atoms with Crippen molar-refractivity contribution >= 4 is 5.91 Å². The van der Waals surface area contributed by atoms with Crippen LogP contribution in [0.15, 0.2) is 0 Å². The molecule has 22 heavy (non-hydrogen) atoms. The van der Waals surface area contributed by atoms with Crippen LogP contribution in [0, 0.1) is 5.92 Å². The highest BCUT2D eigenvalue weighted by Gasteiger charge is 2.37. The van der Waals surface area contributed by atoms with E-state index in [2.05, 4.69) is 9.80 Å². The van der Waals surface area contributed by atoms with E-state index in [-0.39, 0.29) is 12.1 Å². The Morgan fingerprint density at radius 1 is 1.05 bits per heavy atom. The molecule has 4 unspecified atom stereocenters. The van der Waals surface area contributed by atoms with E-state index in [1.165, 1.54) is 44.9 Å². The molecule has 1 amide bonds. The van der Waals surface area contributed by atoms with Crippen molar-refractivity contribution in [2.45, 2.75) is 82.9 Å². The normalized spacial score (nSPS) is 35.0. The molecule has 3 rings (SSSR count). The molecule has 2 aliphatic heterocycles. The number of aliphatic hydroxyl groups is 1. The van der Waals surface area contributed by atoms with E-state index in [1.807, 2.05) is 6.92 Å². The van der Waals surface area contributed by atoms with Gasteiger partial charge in [-0.05, 0) is 57.9 Å². The molecule has 0 spiro atoms. The quantitative estimate of drug-likeness (QED) is 0.871. The van der Waals surface area contributed by atoms with Crippen molar-refractivity contribution in [3.63, 3.8) is 0 Å². The second-order valence-electron chi connectivity index (χ2n) is 7.62. The van der Waals surface area contributed by atoms with Crippen molar-refractivity contribution in [1.82, 2.24) is 9.80 Å². The lowest BCUT2D eigenvalue weighted by molar-refractivity contribution is -0.140. The van der Waals surface area contributed by atoms with E-state index >= 15 is 0 Å². The van der Waals surface area contributed by atoms with Crippen LogP contribution < -0.4 is 0 Å². The lowest BCUT2D eigenvalue weighted by Gasteiger charge is -2.45. The number of aliphatic hydroxyl groups excluding tert-OH is 1. The van der Waals surface area contributed by atoms with E-state index in [0.717, 1.165) is 31.8 Å². The predicted molar refractivity (Wildman–Crippen MR) is 87.6 cm³/mol. The van der Waals surface area contributed by atoms with Gasteiger partial charge in [0.2, 0.25) is 5.91 Å². The van der Waals surface area contributed by atoms with Crippen LogP contribution in [-0.2, 0) is 4.79 Å². The number of hydrogen-bond donors (Lipinski definition) is 1. The smallest absolute Gasteiger partial charge is 0.237 e. The number of carbonyl (C=O) groups excluding carboxylic acids is 1. The van der Waals surface area contributed by atoms with E-state index in [0.29, 0.717) is 18.5 Å². The number of carbonyl (C=O) groups is 1. The summed E-state index contributed by atoms with van der Waals surface area (Å²) in [4.78, 5) is 17.3. The highest BCUT2D eigenvalue weighted by molar-refractivity contribution is 5.78.